The summed E-state index contributed by atoms with van der Waals surface area (Å²) in [6.07, 6.45) is 23.8. The van der Waals surface area contributed by atoms with Crippen LogP contribution in [0.5, 0.6) is 0 Å². The Balaban J connectivity index is 1.23. The fourth-order valence-electron chi connectivity index (χ4n) is 12.9. The lowest BCUT2D eigenvalue weighted by molar-refractivity contribution is 0.0184. The first-order valence-corrected chi connectivity index (χ1v) is 20.8. The maximum atomic E-state index is 5.07. The standard InChI is InChI=1S/C42H54N2P2/c1-39(2,3)35-11-10-34(36(20-35)42(45,37-8-4-6-12-43-37)38-9-5-7-13-44-38)27-46(40-21-28-14-29(22-40)16-30(15-28)23-40)41-24-31-17-32(25-41)19-33(18-31)26-41/h4-13,20,28-33H,14-19,21-27,45H2,1-3H3. The van der Waals surface area contributed by atoms with Crippen LogP contribution < -0.4 is 0 Å². The number of benzene rings is 1. The van der Waals surface area contributed by atoms with Crippen LogP contribution in [-0.4, -0.2) is 20.3 Å². The smallest absolute Gasteiger partial charge is 0.0935 e. The van der Waals surface area contributed by atoms with E-state index in [9.17, 15) is 0 Å². The summed E-state index contributed by atoms with van der Waals surface area (Å²) in [7, 11) is 3.16. The maximum Gasteiger partial charge on any atom is 0.0935 e. The maximum absolute atomic E-state index is 5.07. The molecule has 242 valence electrons. The van der Waals surface area contributed by atoms with Gasteiger partial charge in [-0.3, -0.25) is 9.97 Å². The molecule has 0 N–H and O–H groups in total. The highest BCUT2D eigenvalue weighted by atomic mass is 31.1. The quantitative estimate of drug-likeness (QED) is 0.238. The van der Waals surface area contributed by atoms with Crippen molar-refractivity contribution in [2.45, 2.75) is 125 Å². The average Bonchev–Trinajstić information content (AvgIpc) is 3.02. The minimum absolute atomic E-state index is 0.0671. The van der Waals surface area contributed by atoms with E-state index >= 15 is 0 Å². The third-order valence-electron chi connectivity index (χ3n) is 14.0. The molecule has 0 aliphatic heterocycles. The second kappa shape index (κ2) is 10.9. The van der Waals surface area contributed by atoms with Gasteiger partial charge in [0.15, 0.2) is 0 Å². The van der Waals surface area contributed by atoms with Crippen molar-refractivity contribution in [1.82, 2.24) is 9.97 Å². The molecule has 46 heavy (non-hydrogen) atoms. The molecule has 0 amide bonds. The molecule has 8 fully saturated rings. The molecule has 2 heterocycles. The predicted molar refractivity (Wildman–Crippen MR) is 196 cm³/mol. The second-order valence-corrected chi connectivity index (χ2v) is 22.2. The molecule has 8 aliphatic rings. The highest BCUT2D eigenvalue weighted by Gasteiger charge is 2.62. The lowest BCUT2D eigenvalue weighted by Gasteiger charge is -2.67. The Bertz CT molecular complexity index is 1440. The van der Waals surface area contributed by atoms with Gasteiger partial charge in [-0.25, -0.2) is 0 Å². The Morgan fingerprint density at radius 3 is 1.46 bits per heavy atom. The highest BCUT2D eigenvalue weighted by Crippen LogP contribution is 2.80. The Kier molecular flexibility index (Phi) is 7.24. The third kappa shape index (κ3) is 4.93. The molecule has 8 aliphatic carbocycles. The first-order chi connectivity index (χ1) is 22.1. The molecular formula is C42H54N2P2. The summed E-state index contributed by atoms with van der Waals surface area (Å²) in [6.45, 7) is 7.11. The number of aromatic nitrogens is 2. The summed E-state index contributed by atoms with van der Waals surface area (Å²) in [4.78, 5) is 10.1. The van der Waals surface area contributed by atoms with Gasteiger partial charge in [0.1, 0.15) is 0 Å². The first-order valence-electron chi connectivity index (χ1n) is 18.7. The number of hydrogen-bond donors (Lipinski definition) is 0. The predicted octanol–water partition coefficient (Wildman–Crippen LogP) is 10.9. The van der Waals surface area contributed by atoms with Crippen molar-refractivity contribution in [2.75, 3.05) is 0 Å². The van der Waals surface area contributed by atoms with Crippen molar-refractivity contribution in [3.05, 3.63) is 95.1 Å². The lowest BCUT2D eigenvalue weighted by atomic mass is 9.55. The second-order valence-electron chi connectivity index (χ2n) is 18.2. The van der Waals surface area contributed by atoms with Gasteiger partial charge in [-0.05, 0) is 175 Å². The van der Waals surface area contributed by atoms with Crippen LogP contribution in [0.3, 0.4) is 0 Å². The van der Waals surface area contributed by atoms with E-state index in [4.69, 9.17) is 9.97 Å². The third-order valence-corrected chi connectivity index (χ3v) is 19.0. The van der Waals surface area contributed by atoms with Crippen LogP contribution in [0.1, 0.15) is 126 Å². The summed E-state index contributed by atoms with van der Waals surface area (Å²) in [6, 6.07) is 20.6. The zero-order chi connectivity index (χ0) is 31.3. The van der Waals surface area contributed by atoms with Gasteiger partial charge in [-0.15, -0.1) is 9.24 Å². The first kappa shape index (κ1) is 30.4. The van der Waals surface area contributed by atoms with E-state index < -0.39 is 5.16 Å². The summed E-state index contributed by atoms with van der Waals surface area (Å²) in [5.74, 6) is 6.06. The van der Waals surface area contributed by atoms with Crippen LogP contribution in [0, 0.1) is 35.5 Å². The van der Waals surface area contributed by atoms with Gasteiger partial charge >= 0.3 is 0 Å². The van der Waals surface area contributed by atoms with Gasteiger partial charge in [0, 0.05) is 12.4 Å². The van der Waals surface area contributed by atoms with Gasteiger partial charge in [-0.2, -0.15) is 0 Å². The molecule has 2 aromatic heterocycles. The van der Waals surface area contributed by atoms with Crippen LogP contribution in [0.15, 0.2) is 67.0 Å². The Morgan fingerprint density at radius 2 is 1.09 bits per heavy atom. The monoisotopic (exact) mass is 648 g/mol. The van der Waals surface area contributed by atoms with Crippen LogP contribution in [0.25, 0.3) is 0 Å². The minimum atomic E-state index is -0.497. The van der Waals surface area contributed by atoms with Crippen LogP contribution >= 0.6 is 17.2 Å². The molecule has 1 atom stereocenters. The topological polar surface area (TPSA) is 25.8 Å². The van der Waals surface area contributed by atoms with Gasteiger partial charge in [0.25, 0.3) is 0 Å². The Morgan fingerprint density at radius 1 is 0.652 bits per heavy atom. The van der Waals surface area contributed by atoms with Crippen LogP contribution in [0.2, 0.25) is 0 Å². The molecular weight excluding hydrogens is 594 g/mol. The summed E-state index contributed by atoms with van der Waals surface area (Å²) in [5, 5.41) is 0.716. The van der Waals surface area contributed by atoms with E-state index in [-0.39, 0.29) is 13.3 Å². The molecule has 8 bridgehead atoms. The zero-order valence-electron chi connectivity index (χ0n) is 28.4. The molecule has 8 saturated carbocycles. The van der Waals surface area contributed by atoms with Crippen molar-refractivity contribution in [2.24, 2.45) is 35.5 Å². The van der Waals surface area contributed by atoms with Crippen molar-refractivity contribution in [3.8, 4) is 0 Å². The number of hydrogen-bond acceptors (Lipinski definition) is 2. The molecule has 1 unspecified atom stereocenters. The molecule has 0 saturated heterocycles. The van der Waals surface area contributed by atoms with Crippen LogP contribution in [0.4, 0.5) is 0 Å². The number of rotatable bonds is 7. The van der Waals surface area contributed by atoms with Crippen molar-refractivity contribution < 1.29 is 0 Å². The Labute approximate surface area is 281 Å². The van der Waals surface area contributed by atoms with Crippen molar-refractivity contribution in [1.29, 1.82) is 0 Å². The normalized spacial score (nSPS) is 36.7. The molecule has 1 aromatic carbocycles. The van der Waals surface area contributed by atoms with Gasteiger partial charge in [0.2, 0.25) is 0 Å². The summed E-state index contributed by atoms with van der Waals surface area (Å²) < 4.78 is 0. The molecule has 0 radical (unpaired) electrons. The number of nitrogens with zero attached hydrogens (tertiary/aromatic N) is 2. The van der Waals surface area contributed by atoms with E-state index in [0.717, 1.165) is 46.9 Å². The zero-order valence-corrected chi connectivity index (χ0v) is 30.5. The fraction of sp³-hybridized carbons (Fsp3) is 0.619. The van der Waals surface area contributed by atoms with Gasteiger partial charge in [-0.1, -0.05) is 59.0 Å². The molecule has 2 nitrogen and oxygen atoms in total. The molecule has 3 aromatic rings. The fourth-order valence-corrected chi connectivity index (χ4v) is 18.7. The Hall–Kier alpha value is -1.62. The van der Waals surface area contributed by atoms with Gasteiger partial charge < -0.3 is 0 Å². The lowest BCUT2D eigenvalue weighted by Crippen LogP contribution is -2.56. The van der Waals surface area contributed by atoms with E-state index in [2.05, 4.69) is 84.6 Å². The molecule has 11 rings (SSSR count). The highest BCUT2D eigenvalue weighted by molar-refractivity contribution is 7.60. The van der Waals surface area contributed by atoms with E-state index in [1.54, 1.807) is 82.6 Å². The molecule has 0 spiro atoms. The van der Waals surface area contributed by atoms with E-state index in [1.165, 1.54) is 17.3 Å². The minimum Gasteiger partial charge on any atom is -0.260 e. The van der Waals surface area contributed by atoms with Crippen LogP contribution in [-0.2, 0) is 16.7 Å². The van der Waals surface area contributed by atoms with Crippen molar-refractivity contribution >= 4 is 17.2 Å². The molecule has 4 heteroatoms. The van der Waals surface area contributed by atoms with Crippen molar-refractivity contribution in [3.63, 3.8) is 0 Å². The summed E-state index contributed by atoms with van der Waals surface area (Å²) >= 11 is 0. The number of pyridine rings is 2. The average molecular weight is 649 g/mol. The largest absolute Gasteiger partial charge is 0.260 e. The van der Waals surface area contributed by atoms with Gasteiger partial charge in [0.05, 0.1) is 16.5 Å². The summed E-state index contributed by atoms with van der Waals surface area (Å²) in [5.41, 5.74) is 6.68. The SMILES string of the molecule is CC(C)(C)c1ccc(CP(C23CC4CC(CC(C4)C2)C3)C23CC4CC(CC(C4)C2)C3)c(C(P)(c2ccccn2)c2ccccn2)c1. The van der Waals surface area contributed by atoms with E-state index in [1.807, 2.05) is 12.4 Å². The van der Waals surface area contributed by atoms with E-state index in [0.29, 0.717) is 10.3 Å².